The maximum Gasteiger partial charge on any atom is 0.254 e. The zero-order valence-corrected chi connectivity index (χ0v) is 19.6. The number of hydrogen-bond acceptors (Lipinski definition) is 5. The van der Waals surface area contributed by atoms with E-state index in [4.69, 9.17) is 4.98 Å². The van der Waals surface area contributed by atoms with Gasteiger partial charge in [0.25, 0.3) is 5.91 Å². The summed E-state index contributed by atoms with van der Waals surface area (Å²) in [6.45, 7) is 1.75. The van der Waals surface area contributed by atoms with Crippen molar-refractivity contribution in [3.63, 3.8) is 0 Å². The summed E-state index contributed by atoms with van der Waals surface area (Å²) in [5, 5.41) is 0.949. The van der Waals surface area contributed by atoms with Gasteiger partial charge in [-0.2, -0.15) is 4.31 Å². The van der Waals surface area contributed by atoms with E-state index in [-0.39, 0.29) is 16.8 Å². The number of sulfonamides is 1. The number of benzene rings is 2. The van der Waals surface area contributed by atoms with E-state index >= 15 is 0 Å². The Hall–Kier alpha value is -2.29. The predicted molar refractivity (Wildman–Crippen MR) is 126 cm³/mol. The summed E-state index contributed by atoms with van der Waals surface area (Å²) >= 11 is 1.63. The van der Waals surface area contributed by atoms with Gasteiger partial charge >= 0.3 is 0 Å². The van der Waals surface area contributed by atoms with E-state index in [1.165, 1.54) is 0 Å². The SMILES string of the molecule is O=C(c1cccc(S(=O)(=O)N2CCCCCC2)c1)N1CCCC1c1nc2ccccc2s1. The maximum absolute atomic E-state index is 13.5. The Labute approximate surface area is 192 Å². The van der Waals surface area contributed by atoms with Gasteiger partial charge < -0.3 is 4.90 Å². The fraction of sp³-hybridized carbons (Fsp3) is 0.417. The van der Waals surface area contributed by atoms with Crippen molar-refractivity contribution in [2.45, 2.75) is 49.5 Å². The molecule has 3 heterocycles. The first-order chi connectivity index (χ1) is 15.5. The molecule has 2 fully saturated rings. The number of amides is 1. The molecule has 0 aliphatic carbocycles. The molecule has 168 valence electrons. The number of thiazole rings is 1. The van der Waals surface area contributed by atoms with Crippen LogP contribution in [0.3, 0.4) is 0 Å². The van der Waals surface area contributed by atoms with Crippen LogP contribution in [-0.2, 0) is 10.0 Å². The molecule has 0 spiro atoms. The molecule has 1 amide bonds. The molecule has 1 aromatic heterocycles. The van der Waals surface area contributed by atoms with E-state index in [1.54, 1.807) is 39.9 Å². The van der Waals surface area contributed by atoms with Gasteiger partial charge in [0.2, 0.25) is 10.0 Å². The molecule has 0 N–H and O–H groups in total. The molecule has 5 rings (SSSR count). The Bertz CT molecular complexity index is 1200. The topological polar surface area (TPSA) is 70.6 Å². The van der Waals surface area contributed by atoms with Gasteiger partial charge in [-0.25, -0.2) is 13.4 Å². The van der Waals surface area contributed by atoms with Gasteiger partial charge in [-0.3, -0.25) is 4.79 Å². The van der Waals surface area contributed by atoms with Crippen molar-refractivity contribution in [2.75, 3.05) is 19.6 Å². The standard InChI is InChI=1S/C24H27N3O3S2/c28-24(27-16-8-12-21(27)23-25-20-11-3-4-13-22(20)31-23)18-9-7-10-19(17-18)32(29,30)26-14-5-1-2-6-15-26/h3-4,7,9-11,13,17,21H,1-2,5-6,8,12,14-16H2. The number of nitrogens with zero attached hydrogens (tertiary/aromatic N) is 3. The molecule has 2 saturated heterocycles. The van der Waals surface area contributed by atoms with Crippen molar-refractivity contribution in [2.24, 2.45) is 0 Å². The van der Waals surface area contributed by atoms with Crippen molar-refractivity contribution >= 4 is 37.5 Å². The summed E-state index contributed by atoms with van der Waals surface area (Å²) in [5.74, 6) is -0.125. The maximum atomic E-state index is 13.5. The van der Waals surface area contributed by atoms with E-state index in [1.807, 2.05) is 23.1 Å². The van der Waals surface area contributed by atoms with Crippen LogP contribution in [0.2, 0.25) is 0 Å². The molecule has 2 aromatic carbocycles. The first-order valence-corrected chi connectivity index (χ1v) is 13.6. The summed E-state index contributed by atoms with van der Waals surface area (Å²) < 4.78 is 29.1. The van der Waals surface area contributed by atoms with Crippen LogP contribution in [0, 0.1) is 0 Å². The fourth-order valence-electron chi connectivity index (χ4n) is 4.69. The third-order valence-corrected chi connectivity index (χ3v) is 9.43. The van der Waals surface area contributed by atoms with Gasteiger partial charge in [-0.1, -0.05) is 31.0 Å². The number of carbonyl (C=O) groups excluding carboxylic acids is 1. The van der Waals surface area contributed by atoms with Crippen LogP contribution in [-0.4, -0.2) is 48.1 Å². The monoisotopic (exact) mass is 469 g/mol. The van der Waals surface area contributed by atoms with Gasteiger partial charge in [0.15, 0.2) is 0 Å². The highest BCUT2D eigenvalue weighted by atomic mass is 32.2. The minimum atomic E-state index is -3.60. The quantitative estimate of drug-likeness (QED) is 0.548. The van der Waals surface area contributed by atoms with E-state index < -0.39 is 10.0 Å². The van der Waals surface area contributed by atoms with Crippen molar-refractivity contribution in [1.82, 2.24) is 14.2 Å². The number of likely N-dealkylation sites (tertiary alicyclic amines) is 1. The highest BCUT2D eigenvalue weighted by Crippen LogP contribution is 2.37. The molecule has 8 heteroatoms. The molecular weight excluding hydrogens is 442 g/mol. The second-order valence-electron chi connectivity index (χ2n) is 8.52. The Morgan fingerprint density at radius 1 is 0.938 bits per heavy atom. The number of para-hydroxylation sites is 1. The average molecular weight is 470 g/mol. The molecule has 32 heavy (non-hydrogen) atoms. The number of hydrogen-bond donors (Lipinski definition) is 0. The van der Waals surface area contributed by atoms with Crippen LogP contribution in [0.5, 0.6) is 0 Å². The highest BCUT2D eigenvalue weighted by molar-refractivity contribution is 7.89. The second kappa shape index (κ2) is 8.92. The number of carbonyl (C=O) groups is 1. The summed E-state index contributed by atoms with van der Waals surface area (Å²) in [7, 11) is -3.60. The zero-order valence-electron chi connectivity index (χ0n) is 17.9. The van der Waals surface area contributed by atoms with E-state index in [0.29, 0.717) is 25.2 Å². The Kier molecular flexibility index (Phi) is 6.01. The summed E-state index contributed by atoms with van der Waals surface area (Å²) in [6.07, 6.45) is 5.68. The smallest absolute Gasteiger partial charge is 0.254 e. The van der Waals surface area contributed by atoms with Crippen molar-refractivity contribution in [1.29, 1.82) is 0 Å². The number of fused-ring (bicyclic) bond motifs is 1. The van der Waals surface area contributed by atoms with E-state index in [9.17, 15) is 13.2 Å². The first kappa shape index (κ1) is 21.6. The third kappa shape index (κ3) is 4.07. The van der Waals surface area contributed by atoms with Crippen LogP contribution >= 0.6 is 11.3 Å². The Balaban J connectivity index is 1.41. The van der Waals surface area contributed by atoms with Gasteiger partial charge in [0.1, 0.15) is 5.01 Å². The number of rotatable bonds is 4. The third-order valence-electron chi connectivity index (χ3n) is 6.39. The van der Waals surface area contributed by atoms with Crippen LogP contribution in [0.25, 0.3) is 10.2 Å². The Morgan fingerprint density at radius 3 is 2.50 bits per heavy atom. The van der Waals surface area contributed by atoms with Gasteiger partial charge in [-0.15, -0.1) is 11.3 Å². The van der Waals surface area contributed by atoms with Crippen LogP contribution in [0.15, 0.2) is 53.4 Å². The van der Waals surface area contributed by atoms with Crippen molar-refractivity contribution in [3.8, 4) is 0 Å². The van der Waals surface area contributed by atoms with Gasteiger partial charge in [-0.05, 0) is 56.0 Å². The molecule has 0 radical (unpaired) electrons. The second-order valence-corrected chi connectivity index (χ2v) is 11.5. The van der Waals surface area contributed by atoms with Gasteiger partial charge in [0, 0.05) is 25.2 Å². The average Bonchev–Trinajstić information content (AvgIpc) is 3.37. The van der Waals surface area contributed by atoms with Crippen molar-refractivity contribution in [3.05, 3.63) is 59.1 Å². The largest absolute Gasteiger partial charge is 0.329 e. The molecule has 2 aliphatic heterocycles. The minimum Gasteiger partial charge on any atom is -0.329 e. The lowest BCUT2D eigenvalue weighted by Crippen LogP contribution is -2.33. The Morgan fingerprint density at radius 2 is 1.72 bits per heavy atom. The molecule has 1 atom stereocenters. The predicted octanol–water partition coefficient (Wildman–Crippen LogP) is 4.84. The summed E-state index contributed by atoms with van der Waals surface area (Å²) in [4.78, 5) is 20.3. The molecule has 2 aliphatic rings. The van der Waals surface area contributed by atoms with E-state index in [2.05, 4.69) is 6.07 Å². The van der Waals surface area contributed by atoms with E-state index in [0.717, 1.165) is 53.7 Å². The lowest BCUT2D eigenvalue weighted by Gasteiger charge is -2.24. The fourth-order valence-corrected chi connectivity index (χ4v) is 7.36. The molecule has 6 nitrogen and oxygen atoms in total. The molecule has 0 saturated carbocycles. The molecule has 0 bridgehead atoms. The van der Waals surface area contributed by atoms with Crippen molar-refractivity contribution < 1.29 is 13.2 Å². The summed E-state index contributed by atoms with van der Waals surface area (Å²) in [6, 6.07) is 14.5. The summed E-state index contributed by atoms with van der Waals surface area (Å²) in [5.41, 5.74) is 1.38. The lowest BCUT2D eigenvalue weighted by molar-refractivity contribution is 0.0735. The molecule has 1 unspecified atom stereocenters. The van der Waals surface area contributed by atoms with Crippen LogP contribution in [0.1, 0.15) is 59.9 Å². The normalized spacial score (nSPS) is 20.5. The first-order valence-electron chi connectivity index (χ1n) is 11.3. The number of aromatic nitrogens is 1. The van der Waals surface area contributed by atoms with Crippen LogP contribution in [0.4, 0.5) is 0 Å². The molecule has 3 aromatic rings. The minimum absolute atomic E-state index is 0.0641. The van der Waals surface area contributed by atoms with Gasteiger partial charge in [0.05, 0.1) is 21.2 Å². The van der Waals surface area contributed by atoms with Crippen LogP contribution < -0.4 is 0 Å². The highest BCUT2D eigenvalue weighted by Gasteiger charge is 2.33. The molecular formula is C24H27N3O3S2. The zero-order chi connectivity index (χ0) is 22.1. The lowest BCUT2D eigenvalue weighted by atomic mass is 10.1.